The molecule has 0 aromatic carbocycles. The average Bonchev–Trinajstić information content (AvgIpc) is 3.36. The van der Waals surface area contributed by atoms with Crippen molar-refractivity contribution in [1.29, 1.82) is 0 Å². The fourth-order valence-electron chi connectivity index (χ4n) is 10.8. The minimum absolute atomic E-state index is 0.0213. The van der Waals surface area contributed by atoms with Gasteiger partial charge in [-0.05, 0) is 38.5 Å². The van der Waals surface area contributed by atoms with E-state index in [9.17, 15) is 15.0 Å². The minimum atomic E-state index is -0.656. The van der Waals surface area contributed by atoms with E-state index < -0.39 is 12.1 Å². The van der Waals surface area contributed by atoms with Crippen molar-refractivity contribution in [3.63, 3.8) is 0 Å². The second-order valence-electron chi connectivity index (χ2n) is 22.9. The quantitative estimate of drug-likeness (QED) is 0.0420. The summed E-state index contributed by atoms with van der Waals surface area (Å²) in [5.74, 6) is -0.0213. The number of rotatable bonds is 62. The Hall–Kier alpha value is -0.870. The average molecular weight is 987 g/mol. The smallest absolute Gasteiger partial charge is 0.220 e. The molecule has 0 spiro atoms. The molecule has 0 fully saturated rings. The molecule has 0 aliphatic carbocycles. The van der Waals surface area contributed by atoms with E-state index in [0.717, 1.165) is 25.7 Å². The SMILES string of the molecule is CCCCCCCCCC/C=C\CCCCCCCCCCCCCCCCCCCCCCCCCCCC(=O)NC(CO)C(O)CCCCCCCCCCCCCCCCCCCCCCC. The highest BCUT2D eigenvalue weighted by Gasteiger charge is 2.20. The number of hydrogen-bond donors (Lipinski definition) is 3. The van der Waals surface area contributed by atoms with Crippen molar-refractivity contribution in [2.45, 2.75) is 398 Å². The van der Waals surface area contributed by atoms with Crippen molar-refractivity contribution in [2.75, 3.05) is 6.61 Å². The van der Waals surface area contributed by atoms with Crippen LogP contribution >= 0.6 is 0 Å². The predicted octanol–water partition coefficient (Wildman–Crippen LogP) is 22.0. The van der Waals surface area contributed by atoms with Gasteiger partial charge in [-0.25, -0.2) is 0 Å². The Morgan fingerprint density at radius 1 is 0.329 bits per heavy atom. The van der Waals surface area contributed by atoms with E-state index in [2.05, 4.69) is 31.3 Å². The van der Waals surface area contributed by atoms with Gasteiger partial charge in [-0.2, -0.15) is 0 Å². The van der Waals surface area contributed by atoms with E-state index >= 15 is 0 Å². The van der Waals surface area contributed by atoms with Crippen molar-refractivity contribution in [1.82, 2.24) is 5.32 Å². The van der Waals surface area contributed by atoms with Crippen molar-refractivity contribution in [3.05, 3.63) is 12.2 Å². The molecule has 0 aromatic heterocycles. The molecule has 0 radical (unpaired) electrons. The monoisotopic (exact) mass is 986 g/mol. The Morgan fingerprint density at radius 3 is 0.786 bits per heavy atom. The number of nitrogens with one attached hydrogen (secondary N) is 1. The lowest BCUT2D eigenvalue weighted by molar-refractivity contribution is -0.123. The molecule has 3 N–H and O–H groups in total. The summed E-state index contributed by atoms with van der Waals surface area (Å²) in [5.41, 5.74) is 0. The van der Waals surface area contributed by atoms with Crippen LogP contribution in [0.4, 0.5) is 0 Å². The van der Waals surface area contributed by atoms with Gasteiger partial charge in [0.1, 0.15) is 0 Å². The third kappa shape index (κ3) is 58.0. The molecular formula is C66H131NO3. The number of allylic oxidation sites excluding steroid dienone is 2. The standard InChI is InChI=1S/C66H131NO3/c1-3-5-7-9-11-13-15-17-19-21-23-25-26-27-28-29-30-31-32-33-34-35-36-37-38-39-40-42-44-46-48-50-52-54-56-58-60-62-66(70)67-64(63-68)65(69)61-59-57-55-53-51-49-47-45-43-41-24-22-20-18-16-14-12-10-8-6-4-2/h21,23,64-65,68-69H,3-20,22,24-63H2,1-2H3,(H,67,70)/b23-21-. The zero-order valence-electron chi connectivity index (χ0n) is 48.3. The van der Waals surface area contributed by atoms with Gasteiger partial charge in [-0.1, -0.05) is 353 Å². The molecule has 0 bridgehead atoms. The van der Waals surface area contributed by atoms with Gasteiger partial charge in [0.05, 0.1) is 18.8 Å². The Morgan fingerprint density at radius 2 is 0.543 bits per heavy atom. The molecule has 2 unspecified atom stereocenters. The molecule has 1 amide bonds. The molecule has 2 atom stereocenters. The van der Waals surface area contributed by atoms with E-state index in [1.54, 1.807) is 0 Å². The molecule has 4 heteroatoms. The molecule has 0 saturated heterocycles. The van der Waals surface area contributed by atoms with Crippen LogP contribution in [0.5, 0.6) is 0 Å². The number of aliphatic hydroxyl groups excluding tert-OH is 2. The number of amides is 1. The molecule has 0 aromatic rings. The zero-order chi connectivity index (χ0) is 50.6. The highest BCUT2D eigenvalue weighted by atomic mass is 16.3. The summed E-state index contributed by atoms with van der Waals surface area (Å²) in [4.78, 5) is 12.5. The second kappa shape index (κ2) is 62.4. The van der Waals surface area contributed by atoms with Crippen molar-refractivity contribution >= 4 is 5.91 Å². The topological polar surface area (TPSA) is 69.6 Å². The maximum absolute atomic E-state index is 12.5. The maximum atomic E-state index is 12.5. The fourth-order valence-corrected chi connectivity index (χ4v) is 10.8. The molecule has 0 saturated carbocycles. The van der Waals surface area contributed by atoms with Gasteiger partial charge in [-0.15, -0.1) is 0 Å². The number of carbonyl (C=O) groups is 1. The lowest BCUT2D eigenvalue weighted by atomic mass is 10.0. The van der Waals surface area contributed by atoms with Crippen LogP contribution in [0.1, 0.15) is 386 Å². The van der Waals surface area contributed by atoms with E-state index in [4.69, 9.17) is 0 Å². The van der Waals surface area contributed by atoms with Gasteiger partial charge in [0.15, 0.2) is 0 Å². The number of unbranched alkanes of at least 4 members (excludes halogenated alkanes) is 53. The molecule has 0 rings (SSSR count). The second-order valence-corrected chi connectivity index (χ2v) is 22.9. The van der Waals surface area contributed by atoms with Gasteiger partial charge in [0, 0.05) is 6.42 Å². The Kier molecular flexibility index (Phi) is 61.6. The van der Waals surface area contributed by atoms with Crippen LogP contribution in [-0.4, -0.2) is 34.9 Å². The summed E-state index contributed by atoms with van der Waals surface area (Å²) in [6.07, 6.45) is 82.5. The summed E-state index contributed by atoms with van der Waals surface area (Å²) < 4.78 is 0. The van der Waals surface area contributed by atoms with Crippen LogP contribution in [0.3, 0.4) is 0 Å². The maximum Gasteiger partial charge on any atom is 0.220 e. The first kappa shape index (κ1) is 69.1. The summed E-state index contributed by atoms with van der Waals surface area (Å²) in [6, 6.07) is -0.533. The van der Waals surface area contributed by atoms with E-state index in [1.807, 2.05) is 0 Å². The molecule has 0 aliphatic heterocycles. The first-order valence-electron chi connectivity index (χ1n) is 32.9. The van der Waals surface area contributed by atoms with Crippen LogP contribution in [0.15, 0.2) is 12.2 Å². The molecular weight excluding hydrogens is 855 g/mol. The number of hydrogen-bond acceptors (Lipinski definition) is 3. The van der Waals surface area contributed by atoms with Gasteiger partial charge < -0.3 is 15.5 Å². The normalized spacial score (nSPS) is 12.7. The predicted molar refractivity (Wildman–Crippen MR) is 313 cm³/mol. The summed E-state index contributed by atoms with van der Waals surface area (Å²) in [6.45, 7) is 4.41. The van der Waals surface area contributed by atoms with Crippen molar-refractivity contribution in [2.24, 2.45) is 0 Å². The number of carbonyl (C=O) groups excluding carboxylic acids is 1. The van der Waals surface area contributed by atoms with Gasteiger partial charge >= 0.3 is 0 Å². The largest absolute Gasteiger partial charge is 0.394 e. The Bertz CT molecular complexity index is 982. The summed E-state index contributed by atoms with van der Waals surface area (Å²) in [5, 5.41) is 23.4. The molecule has 0 aliphatic rings. The Balaban J connectivity index is 3.36. The first-order chi connectivity index (χ1) is 34.7. The summed E-state index contributed by atoms with van der Waals surface area (Å²) >= 11 is 0. The van der Waals surface area contributed by atoms with Crippen LogP contribution in [0.25, 0.3) is 0 Å². The van der Waals surface area contributed by atoms with Crippen LogP contribution < -0.4 is 5.32 Å². The van der Waals surface area contributed by atoms with Crippen molar-refractivity contribution in [3.8, 4) is 0 Å². The molecule has 418 valence electrons. The van der Waals surface area contributed by atoms with Gasteiger partial charge in [0.25, 0.3) is 0 Å². The third-order valence-corrected chi connectivity index (χ3v) is 15.8. The van der Waals surface area contributed by atoms with E-state index in [1.165, 1.54) is 334 Å². The zero-order valence-corrected chi connectivity index (χ0v) is 48.3. The molecule has 70 heavy (non-hydrogen) atoms. The lowest BCUT2D eigenvalue weighted by Crippen LogP contribution is -2.45. The van der Waals surface area contributed by atoms with Crippen LogP contribution in [0.2, 0.25) is 0 Å². The minimum Gasteiger partial charge on any atom is -0.394 e. The first-order valence-corrected chi connectivity index (χ1v) is 32.9. The number of aliphatic hydroxyl groups is 2. The molecule has 0 heterocycles. The summed E-state index contributed by atoms with van der Waals surface area (Å²) in [7, 11) is 0. The van der Waals surface area contributed by atoms with Crippen molar-refractivity contribution < 1.29 is 15.0 Å². The van der Waals surface area contributed by atoms with Gasteiger partial charge in [0.2, 0.25) is 5.91 Å². The highest BCUT2D eigenvalue weighted by Crippen LogP contribution is 2.19. The van der Waals surface area contributed by atoms with E-state index in [-0.39, 0.29) is 12.5 Å². The highest BCUT2D eigenvalue weighted by molar-refractivity contribution is 5.76. The van der Waals surface area contributed by atoms with Crippen LogP contribution in [-0.2, 0) is 4.79 Å². The fraction of sp³-hybridized carbons (Fsp3) is 0.955. The molecule has 4 nitrogen and oxygen atoms in total. The third-order valence-electron chi connectivity index (χ3n) is 15.8. The van der Waals surface area contributed by atoms with Crippen LogP contribution in [0, 0.1) is 0 Å². The Labute approximate surface area is 441 Å². The van der Waals surface area contributed by atoms with Gasteiger partial charge in [-0.3, -0.25) is 4.79 Å². The van der Waals surface area contributed by atoms with E-state index in [0.29, 0.717) is 12.8 Å². The lowest BCUT2D eigenvalue weighted by Gasteiger charge is -2.22.